The van der Waals surface area contributed by atoms with Crippen LogP contribution in [-0.4, -0.2) is 33.7 Å². The topological polar surface area (TPSA) is 26.5 Å². The van der Waals surface area contributed by atoms with Crippen molar-refractivity contribution < 1.29 is 9.68 Å². The number of halogens is 2. The maximum Gasteiger partial charge on any atom is 0.316 e. The molecule has 0 amide bonds. The van der Waals surface area contributed by atoms with Crippen molar-refractivity contribution in [2.75, 3.05) is 23.7 Å². The molecule has 0 saturated heterocycles. The molecule has 4 rings (SSSR count). The van der Waals surface area contributed by atoms with Crippen LogP contribution < -0.4 is 4.90 Å². The zero-order chi connectivity index (χ0) is 15.9. The molecule has 1 N–H and O–H groups in total. The molecule has 126 valence electrons. The van der Waals surface area contributed by atoms with E-state index in [1.807, 2.05) is 54.2 Å². The third kappa shape index (κ3) is 3.05. The first-order valence-electron chi connectivity index (χ1n) is 7.77. The van der Waals surface area contributed by atoms with E-state index in [-0.39, 0.29) is 17.0 Å². The van der Waals surface area contributed by atoms with Crippen molar-refractivity contribution >= 4 is 55.5 Å². The molecule has 2 heterocycles. The molecule has 24 heavy (non-hydrogen) atoms. The molecule has 2 aliphatic heterocycles. The van der Waals surface area contributed by atoms with E-state index in [9.17, 15) is 5.11 Å². The average molecular weight is 471 g/mol. The molecule has 0 spiro atoms. The van der Waals surface area contributed by atoms with Gasteiger partial charge in [0.1, 0.15) is 5.69 Å². The van der Waals surface area contributed by atoms with Crippen molar-refractivity contribution in [1.29, 1.82) is 0 Å². The molecule has 3 nitrogen and oxygen atoms in total. The Morgan fingerprint density at radius 3 is 2.50 bits per heavy atom. The van der Waals surface area contributed by atoms with Gasteiger partial charge >= 0.3 is 5.17 Å². The summed E-state index contributed by atoms with van der Waals surface area (Å²) in [5, 5.41) is 12.8. The van der Waals surface area contributed by atoms with Crippen LogP contribution in [0.2, 0.25) is 0 Å². The molecule has 0 bridgehead atoms. The van der Waals surface area contributed by atoms with Crippen molar-refractivity contribution in [3.05, 3.63) is 64.6 Å². The predicted octanol–water partition coefficient (Wildman–Crippen LogP) is 4.20. The Kier molecular flexibility index (Phi) is 5.39. The number of rotatable bonds is 2. The highest BCUT2D eigenvalue weighted by Crippen LogP contribution is 2.39. The highest BCUT2D eigenvalue weighted by molar-refractivity contribution is 9.10. The van der Waals surface area contributed by atoms with Gasteiger partial charge in [0.25, 0.3) is 5.72 Å². The third-order valence-corrected chi connectivity index (χ3v) is 6.09. The highest BCUT2D eigenvalue weighted by Gasteiger charge is 2.55. The van der Waals surface area contributed by atoms with Crippen molar-refractivity contribution in [3.63, 3.8) is 0 Å². The highest BCUT2D eigenvalue weighted by atomic mass is 79.9. The molecule has 0 aromatic heterocycles. The molecular formula is C18H19Br2N2OS+. The van der Waals surface area contributed by atoms with Gasteiger partial charge in [0.05, 0.1) is 6.54 Å². The van der Waals surface area contributed by atoms with Crippen LogP contribution in [0.4, 0.5) is 5.69 Å². The third-order valence-electron chi connectivity index (χ3n) is 4.37. The number of nitrogens with zero attached hydrogens (tertiary/aromatic N) is 2. The zero-order valence-electron chi connectivity index (χ0n) is 13.1. The second-order valence-electron chi connectivity index (χ2n) is 5.90. The van der Waals surface area contributed by atoms with Gasteiger partial charge in [-0.05, 0) is 42.4 Å². The van der Waals surface area contributed by atoms with Crippen LogP contribution in [0.15, 0.2) is 59.1 Å². The SMILES string of the molecule is Br.OC1(c2ccc(Br)cc2)C[N+]2=C(SCCC2)N1c1ccccc1. The predicted molar refractivity (Wildman–Crippen MR) is 109 cm³/mol. The summed E-state index contributed by atoms with van der Waals surface area (Å²) in [5.41, 5.74) is 0.922. The summed E-state index contributed by atoms with van der Waals surface area (Å²) >= 11 is 5.31. The fraction of sp³-hybridized carbons (Fsp3) is 0.278. The second kappa shape index (κ2) is 7.20. The Morgan fingerprint density at radius 1 is 1.08 bits per heavy atom. The number of thioether (sulfide) groups is 1. The van der Waals surface area contributed by atoms with Crippen molar-refractivity contribution in [1.82, 2.24) is 0 Å². The summed E-state index contributed by atoms with van der Waals surface area (Å²) in [6.07, 6.45) is 1.16. The van der Waals surface area contributed by atoms with Gasteiger partial charge in [0.15, 0.2) is 6.54 Å². The molecule has 6 heteroatoms. The lowest BCUT2D eigenvalue weighted by Gasteiger charge is -2.28. The second-order valence-corrected chi connectivity index (χ2v) is 7.88. The molecule has 1 atom stereocenters. The van der Waals surface area contributed by atoms with Crippen molar-refractivity contribution in [3.8, 4) is 0 Å². The lowest BCUT2D eigenvalue weighted by molar-refractivity contribution is -0.532. The lowest BCUT2D eigenvalue weighted by atomic mass is 10.0. The van der Waals surface area contributed by atoms with E-state index in [2.05, 4.69) is 37.5 Å². The van der Waals surface area contributed by atoms with Crippen molar-refractivity contribution in [2.24, 2.45) is 0 Å². The molecule has 0 saturated carbocycles. The van der Waals surface area contributed by atoms with E-state index in [4.69, 9.17) is 0 Å². The van der Waals surface area contributed by atoms with E-state index in [1.165, 1.54) is 0 Å². The standard InChI is InChI=1S/C18H18BrN2OS.BrH/c19-15-9-7-14(8-10-15)18(22)13-20-11-4-12-23-17(20)21(18)16-5-2-1-3-6-16;/h1-3,5-10,22H,4,11-13H2;1H/q+1;. The van der Waals surface area contributed by atoms with Crippen LogP contribution >= 0.6 is 44.7 Å². The number of amidine groups is 1. The summed E-state index contributed by atoms with van der Waals surface area (Å²) in [6, 6.07) is 18.2. The molecule has 2 aliphatic rings. The molecule has 2 aromatic carbocycles. The fourth-order valence-electron chi connectivity index (χ4n) is 3.29. The van der Waals surface area contributed by atoms with Gasteiger partial charge in [-0.1, -0.05) is 46.3 Å². The van der Waals surface area contributed by atoms with Gasteiger partial charge in [-0.25, -0.2) is 4.58 Å². The molecule has 0 fully saturated rings. The van der Waals surface area contributed by atoms with Gasteiger partial charge in [-0.3, -0.25) is 0 Å². The van der Waals surface area contributed by atoms with Crippen molar-refractivity contribution in [2.45, 2.75) is 12.1 Å². The van der Waals surface area contributed by atoms with Gasteiger partial charge in [-0.2, -0.15) is 4.90 Å². The Morgan fingerprint density at radius 2 is 1.79 bits per heavy atom. The molecule has 1 unspecified atom stereocenters. The first kappa shape index (κ1) is 18.0. The van der Waals surface area contributed by atoms with Gasteiger partial charge < -0.3 is 5.11 Å². The largest absolute Gasteiger partial charge is 0.346 e. The quantitative estimate of drug-likeness (QED) is 0.666. The van der Waals surface area contributed by atoms with Crippen LogP contribution in [0, 0.1) is 0 Å². The van der Waals surface area contributed by atoms with E-state index >= 15 is 0 Å². The fourth-order valence-corrected chi connectivity index (χ4v) is 4.74. The number of hydrogen-bond donors (Lipinski definition) is 1. The molecule has 0 radical (unpaired) electrons. The Bertz CT molecular complexity index is 751. The van der Waals surface area contributed by atoms with E-state index < -0.39 is 5.72 Å². The smallest absolute Gasteiger partial charge is 0.316 e. The van der Waals surface area contributed by atoms with Gasteiger partial charge in [-0.15, -0.1) is 17.0 Å². The lowest BCUT2D eigenvalue weighted by Crippen LogP contribution is -2.46. The number of para-hydroxylation sites is 1. The monoisotopic (exact) mass is 469 g/mol. The van der Waals surface area contributed by atoms with Crippen LogP contribution in [0.3, 0.4) is 0 Å². The average Bonchev–Trinajstić information content (AvgIpc) is 2.89. The van der Waals surface area contributed by atoms with E-state index in [0.717, 1.165) is 39.6 Å². The Balaban J connectivity index is 0.00000169. The number of anilines is 1. The van der Waals surface area contributed by atoms with Gasteiger partial charge in [0, 0.05) is 15.8 Å². The van der Waals surface area contributed by atoms with Crippen LogP contribution in [0.5, 0.6) is 0 Å². The molecule has 2 aromatic rings. The number of hydrogen-bond acceptors (Lipinski definition) is 3. The minimum Gasteiger partial charge on any atom is -0.346 e. The summed E-state index contributed by atoms with van der Waals surface area (Å²) in [5.74, 6) is 1.10. The first-order valence-corrected chi connectivity index (χ1v) is 9.55. The van der Waals surface area contributed by atoms with Gasteiger partial charge in [0.2, 0.25) is 0 Å². The van der Waals surface area contributed by atoms with Crippen LogP contribution in [0.25, 0.3) is 0 Å². The van der Waals surface area contributed by atoms with Crippen LogP contribution in [0.1, 0.15) is 12.0 Å². The summed E-state index contributed by atoms with van der Waals surface area (Å²) in [6.45, 7) is 1.61. The first-order chi connectivity index (χ1) is 11.2. The number of benzene rings is 2. The summed E-state index contributed by atoms with van der Waals surface area (Å²) < 4.78 is 3.33. The summed E-state index contributed by atoms with van der Waals surface area (Å²) in [7, 11) is 0. The molecular weight excluding hydrogens is 452 g/mol. The van der Waals surface area contributed by atoms with E-state index in [1.54, 1.807) is 0 Å². The maximum atomic E-state index is 11.6. The van der Waals surface area contributed by atoms with E-state index in [0.29, 0.717) is 6.54 Å². The maximum absolute atomic E-state index is 11.6. The minimum atomic E-state index is -1.03. The Hall–Kier alpha value is -0.820. The molecule has 0 aliphatic carbocycles. The minimum absolute atomic E-state index is 0. The Labute approximate surface area is 165 Å². The zero-order valence-corrected chi connectivity index (χ0v) is 17.2. The van der Waals surface area contributed by atoms with Crippen LogP contribution in [-0.2, 0) is 5.72 Å². The summed E-state index contributed by atoms with van der Waals surface area (Å²) in [4.78, 5) is 2.10. The number of aliphatic hydroxyl groups is 1. The normalized spacial score (nSPS) is 23.0.